The normalized spacial score (nSPS) is 24.3. The maximum Gasteiger partial charge on any atom is 0.0402 e. The van der Waals surface area contributed by atoms with E-state index in [9.17, 15) is 0 Å². The highest BCUT2D eigenvalue weighted by atomic mass is 15.2. The smallest absolute Gasteiger partial charge is 0.0402 e. The largest absolute Gasteiger partial charge is 0.366 e. The molecule has 1 aliphatic rings. The number of nitrogens with one attached hydrogen (secondary N) is 1. The van der Waals surface area contributed by atoms with Crippen molar-refractivity contribution < 1.29 is 0 Å². The number of hydrogen-bond acceptors (Lipinski definition) is 2. The highest BCUT2D eigenvalue weighted by molar-refractivity contribution is 5.55. The summed E-state index contributed by atoms with van der Waals surface area (Å²) in [5.41, 5.74) is 2.95. The van der Waals surface area contributed by atoms with Crippen LogP contribution in [0.4, 0.5) is 5.69 Å². The lowest BCUT2D eigenvalue weighted by Crippen LogP contribution is -2.55. The summed E-state index contributed by atoms with van der Waals surface area (Å²) in [4.78, 5) is 2.59. The van der Waals surface area contributed by atoms with Gasteiger partial charge in [0, 0.05) is 30.9 Å². The Balaban J connectivity index is 2.22. The molecular formula is C16H26N2. The highest BCUT2D eigenvalue weighted by Gasteiger charge is 2.25. The van der Waals surface area contributed by atoms with E-state index >= 15 is 0 Å². The molecule has 0 aromatic heterocycles. The van der Waals surface area contributed by atoms with Crippen LogP contribution in [-0.2, 0) is 6.42 Å². The monoisotopic (exact) mass is 246 g/mol. The molecule has 1 heterocycles. The average molecular weight is 246 g/mol. The predicted molar refractivity (Wildman–Crippen MR) is 79.3 cm³/mol. The summed E-state index contributed by atoms with van der Waals surface area (Å²) in [6, 6.07) is 10.1. The molecular weight excluding hydrogens is 220 g/mol. The van der Waals surface area contributed by atoms with Gasteiger partial charge in [-0.2, -0.15) is 0 Å². The van der Waals surface area contributed by atoms with Gasteiger partial charge in [0.2, 0.25) is 0 Å². The van der Waals surface area contributed by atoms with Gasteiger partial charge in [-0.3, -0.25) is 0 Å². The first kappa shape index (κ1) is 13.4. The summed E-state index contributed by atoms with van der Waals surface area (Å²) in [6.45, 7) is 9.08. The second-order valence-electron chi connectivity index (χ2n) is 5.39. The Morgan fingerprint density at radius 2 is 2.06 bits per heavy atom. The van der Waals surface area contributed by atoms with Crippen LogP contribution in [0.15, 0.2) is 24.3 Å². The summed E-state index contributed by atoms with van der Waals surface area (Å²) in [5.74, 6) is 0. The van der Waals surface area contributed by atoms with Crippen LogP contribution in [-0.4, -0.2) is 25.2 Å². The minimum Gasteiger partial charge on any atom is -0.366 e. The number of piperazine rings is 1. The lowest BCUT2D eigenvalue weighted by Gasteiger charge is -2.41. The summed E-state index contributed by atoms with van der Waals surface area (Å²) in [7, 11) is 0. The molecule has 100 valence electrons. The standard InChI is InChI=1S/C16H26N2/c1-4-8-14-9-6-7-10-16(14)18-12-15(5-2)17-11-13(18)3/h6-7,9-10,13,15,17H,4-5,8,11-12H2,1-3H3. The Morgan fingerprint density at radius 1 is 1.28 bits per heavy atom. The lowest BCUT2D eigenvalue weighted by molar-refractivity contribution is 0.397. The maximum absolute atomic E-state index is 3.63. The van der Waals surface area contributed by atoms with Crippen molar-refractivity contribution in [3.05, 3.63) is 29.8 Å². The number of aryl methyl sites for hydroxylation is 1. The van der Waals surface area contributed by atoms with Gasteiger partial charge in [-0.25, -0.2) is 0 Å². The van der Waals surface area contributed by atoms with E-state index in [2.05, 4.69) is 55.3 Å². The van der Waals surface area contributed by atoms with Crippen molar-refractivity contribution in [2.24, 2.45) is 0 Å². The molecule has 1 saturated heterocycles. The first-order valence-electron chi connectivity index (χ1n) is 7.34. The van der Waals surface area contributed by atoms with Crippen molar-refractivity contribution >= 4 is 5.69 Å². The molecule has 2 rings (SSSR count). The summed E-state index contributed by atoms with van der Waals surface area (Å²) in [5, 5.41) is 3.63. The molecule has 1 aromatic carbocycles. The van der Waals surface area contributed by atoms with Crippen molar-refractivity contribution in [3.8, 4) is 0 Å². The van der Waals surface area contributed by atoms with E-state index in [4.69, 9.17) is 0 Å². The molecule has 0 aliphatic carbocycles. The van der Waals surface area contributed by atoms with Crippen LogP contribution in [0.25, 0.3) is 0 Å². The third-order valence-electron chi connectivity index (χ3n) is 3.96. The van der Waals surface area contributed by atoms with Crippen LogP contribution in [0.1, 0.15) is 39.2 Å². The molecule has 2 unspecified atom stereocenters. The van der Waals surface area contributed by atoms with Gasteiger partial charge in [0.15, 0.2) is 0 Å². The minimum absolute atomic E-state index is 0.589. The Labute approximate surface area is 111 Å². The fraction of sp³-hybridized carbons (Fsp3) is 0.625. The van der Waals surface area contributed by atoms with Crippen LogP contribution >= 0.6 is 0 Å². The van der Waals surface area contributed by atoms with Crippen molar-refractivity contribution in [1.82, 2.24) is 5.32 Å². The molecule has 2 atom stereocenters. The lowest BCUT2D eigenvalue weighted by atomic mass is 10.0. The molecule has 1 fully saturated rings. The molecule has 0 amide bonds. The fourth-order valence-electron chi connectivity index (χ4n) is 2.81. The SMILES string of the molecule is CCCc1ccccc1N1CC(CC)NCC1C. The minimum atomic E-state index is 0.589. The van der Waals surface area contributed by atoms with Crippen LogP contribution < -0.4 is 10.2 Å². The zero-order chi connectivity index (χ0) is 13.0. The number of anilines is 1. The zero-order valence-corrected chi connectivity index (χ0v) is 11.9. The number of nitrogens with zero attached hydrogens (tertiary/aromatic N) is 1. The van der Waals surface area contributed by atoms with Crippen molar-refractivity contribution in [1.29, 1.82) is 0 Å². The van der Waals surface area contributed by atoms with Gasteiger partial charge < -0.3 is 10.2 Å². The summed E-state index contributed by atoms with van der Waals surface area (Å²) >= 11 is 0. The van der Waals surface area contributed by atoms with Gasteiger partial charge in [-0.15, -0.1) is 0 Å². The van der Waals surface area contributed by atoms with Gasteiger partial charge in [0.05, 0.1) is 0 Å². The van der Waals surface area contributed by atoms with Gasteiger partial charge in [0.1, 0.15) is 0 Å². The van der Waals surface area contributed by atoms with E-state index in [0.29, 0.717) is 12.1 Å². The quantitative estimate of drug-likeness (QED) is 0.877. The molecule has 1 aliphatic heterocycles. The van der Waals surface area contributed by atoms with Gasteiger partial charge in [-0.05, 0) is 31.4 Å². The Bertz CT molecular complexity index is 375. The van der Waals surface area contributed by atoms with E-state index in [1.54, 1.807) is 0 Å². The van der Waals surface area contributed by atoms with Crippen molar-refractivity contribution in [2.45, 2.75) is 52.1 Å². The molecule has 1 N–H and O–H groups in total. The average Bonchev–Trinajstić information content (AvgIpc) is 2.41. The highest BCUT2D eigenvalue weighted by Crippen LogP contribution is 2.25. The summed E-state index contributed by atoms with van der Waals surface area (Å²) < 4.78 is 0. The molecule has 0 radical (unpaired) electrons. The summed E-state index contributed by atoms with van der Waals surface area (Å²) in [6.07, 6.45) is 3.61. The van der Waals surface area contributed by atoms with Gasteiger partial charge >= 0.3 is 0 Å². The van der Waals surface area contributed by atoms with E-state index in [1.807, 2.05) is 0 Å². The molecule has 0 bridgehead atoms. The molecule has 0 saturated carbocycles. The van der Waals surface area contributed by atoms with E-state index in [-0.39, 0.29) is 0 Å². The second-order valence-corrected chi connectivity index (χ2v) is 5.39. The van der Waals surface area contributed by atoms with E-state index in [0.717, 1.165) is 13.1 Å². The fourth-order valence-corrected chi connectivity index (χ4v) is 2.81. The molecule has 18 heavy (non-hydrogen) atoms. The van der Waals surface area contributed by atoms with E-state index in [1.165, 1.54) is 30.5 Å². The van der Waals surface area contributed by atoms with Crippen molar-refractivity contribution in [3.63, 3.8) is 0 Å². The predicted octanol–water partition coefficient (Wildman–Crippen LogP) is 3.22. The van der Waals surface area contributed by atoms with Crippen molar-refractivity contribution in [2.75, 3.05) is 18.0 Å². The molecule has 1 aromatic rings. The Morgan fingerprint density at radius 3 is 2.78 bits per heavy atom. The zero-order valence-electron chi connectivity index (χ0n) is 11.9. The maximum atomic E-state index is 3.63. The first-order valence-corrected chi connectivity index (χ1v) is 7.34. The third kappa shape index (κ3) is 2.86. The van der Waals surface area contributed by atoms with Gasteiger partial charge in [-0.1, -0.05) is 38.5 Å². The van der Waals surface area contributed by atoms with Gasteiger partial charge in [0.25, 0.3) is 0 Å². The topological polar surface area (TPSA) is 15.3 Å². The van der Waals surface area contributed by atoms with Crippen LogP contribution in [0, 0.1) is 0 Å². The van der Waals surface area contributed by atoms with Crippen LogP contribution in [0.2, 0.25) is 0 Å². The second kappa shape index (κ2) is 6.24. The first-order chi connectivity index (χ1) is 8.76. The molecule has 2 heteroatoms. The molecule has 0 spiro atoms. The Hall–Kier alpha value is -1.02. The van der Waals surface area contributed by atoms with E-state index < -0.39 is 0 Å². The van der Waals surface area contributed by atoms with Crippen LogP contribution in [0.5, 0.6) is 0 Å². The third-order valence-corrected chi connectivity index (χ3v) is 3.96. The molecule has 2 nitrogen and oxygen atoms in total. The number of hydrogen-bond donors (Lipinski definition) is 1. The number of para-hydroxylation sites is 1. The van der Waals surface area contributed by atoms with Crippen LogP contribution in [0.3, 0.4) is 0 Å². The number of rotatable bonds is 4. The number of benzene rings is 1. The Kier molecular flexibility index (Phi) is 4.65.